The standard InChI is InChI=1S/C21H28O/c1-16(14-19-9-8-18(15-19)11-13-22)7-10-20-17(2)6-5-12-21(20,3)4/h7,10-11,13-15H,5-6,8-9,12H2,1-4H3. The first-order chi connectivity index (χ1) is 10.4. The van der Waals surface area contributed by atoms with Crippen LogP contribution in [0.2, 0.25) is 0 Å². The minimum Gasteiger partial charge on any atom is -0.299 e. The zero-order chi connectivity index (χ0) is 16.2. The lowest BCUT2D eigenvalue weighted by Crippen LogP contribution is -2.19. The Labute approximate surface area is 135 Å². The Morgan fingerprint density at radius 2 is 2.00 bits per heavy atom. The van der Waals surface area contributed by atoms with Gasteiger partial charge < -0.3 is 0 Å². The summed E-state index contributed by atoms with van der Waals surface area (Å²) in [4.78, 5) is 10.5. The van der Waals surface area contributed by atoms with E-state index in [0.29, 0.717) is 5.41 Å². The second kappa shape index (κ2) is 7.09. The largest absolute Gasteiger partial charge is 0.299 e. The van der Waals surface area contributed by atoms with Gasteiger partial charge in [-0.15, -0.1) is 0 Å². The molecular formula is C21H28O. The second-order valence-corrected chi connectivity index (χ2v) is 7.25. The van der Waals surface area contributed by atoms with E-state index in [1.54, 1.807) is 6.08 Å². The molecule has 0 amide bonds. The van der Waals surface area contributed by atoms with Gasteiger partial charge in [-0.2, -0.15) is 0 Å². The minimum absolute atomic E-state index is 0.297. The Morgan fingerprint density at radius 3 is 2.68 bits per heavy atom. The van der Waals surface area contributed by atoms with Gasteiger partial charge in [-0.1, -0.05) is 49.3 Å². The number of rotatable bonds is 4. The van der Waals surface area contributed by atoms with Crippen molar-refractivity contribution in [1.29, 1.82) is 0 Å². The third-order valence-electron chi connectivity index (χ3n) is 4.82. The van der Waals surface area contributed by atoms with Crippen molar-refractivity contribution >= 4 is 6.29 Å². The molecule has 0 aromatic heterocycles. The van der Waals surface area contributed by atoms with Gasteiger partial charge in [0.15, 0.2) is 0 Å². The summed E-state index contributed by atoms with van der Waals surface area (Å²) in [5.74, 6) is 0. The van der Waals surface area contributed by atoms with Crippen LogP contribution in [0.5, 0.6) is 0 Å². The van der Waals surface area contributed by atoms with E-state index in [0.717, 1.165) is 24.7 Å². The van der Waals surface area contributed by atoms with Gasteiger partial charge in [0.05, 0.1) is 0 Å². The van der Waals surface area contributed by atoms with E-state index in [9.17, 15) is 4.79 Å². The first kappa shape index (κ1) is 16.7. The molecule has 0 aromatic rings. The van der Waals surface area contributed by atoms with E-state index in [4.69, 9.17) is 0 Å². The van der Waals surface area contributed by atoms with Crippen LogP contribution in [-0.2, 0) is 4.79 Å². The molecule has 0 saturated heterocycles. The van der Waals surface area contributed by atoms with Gasteiger partial charge in [0.1, 0.15) is 6.29 Å². The van der Waals surface area contributed by atoms with E-state index in [1.807, 2.05) is 0 Å². The first-order valence-electron chi connectivity index (χ1n) is 8.34. The van der Waals surface area contributed by atoms with Crippen LogP contribution < -0.4 is 0 Å². The van der Waals surface area contributed by atoms with Crippen LogP contribution in [0.25, 0.3) is 0 Å². The highest BCUT2D eigenvalue weighted by Gasteiger charge is 2.26. The van der Waals surface area contributed by atoms with Gasteiger partial charge in [-0.25, -0.2) is 0 Å². The predicted octanol–water partition coefficient (Wildman–Crippen LogP) is 5.86. The summed E-state index contributed by atoms with van der Waals surface area (Å²) in [5.41, 5.74) is 7.09. The number of allylic oxidation sites excluding steroid dienone is 10. The molecule has 0 bridgehead atoms. The summed E-state index contributed by atoms with van der Waals surface area (Å²) in [7, 11) is 0. The average molecular weight is 296 g/mol. The Kier molecular flexibility index (Phi) is 5.39. The molecule has 118 valence electrons. The summed E-state index contributed by atoms with van der Waals surface area (Å²) < 4.78 is 0. The maximum Gasteiger partial charge on any atom is 0.143 e. The number of hydrogen-bond acceptors (Lipinski definition) is 1. The SMILES string of the molecule is CC(C=CC1=C(C)CCCC1(C)C)=CC1=CC(=CC=O)CC1. The van der Waals surface area contributed by atoms with Crippen LogP contribution in [0.4, 0.5) is 0 Å². The highest BCUT2D eigenvalue weighted by atomic mass is 16.1. The van der Waals surface area contributed by atoms with E-state index in [1.165, 1.54) is 41.6 Å². The van der Waals surface area contributed by atoms with Crippen molar-refractivity contribution in [2.75, 3.05) is 0 Å². The lowest BCUT2D eigenvalue weighted by molar-refractivity contribution is -0.104. The average Bonchev–Trinajstić information content (AvgIpc) is 2.85. The molecule has 0 fully saturated rings. The second-order valence-electron chi connectivity index (χ2n) is 7.25. The Morgan fingerprint density at radius 1 is 1.23 bits per heavy atom. The topological polar surface area (TPSA) is 17.1 Å². The van der Waals surface area contributed by atoms with Gasteiger partial charge >= 0.3 is 0 Å². The predicted molar refractivity (Wildman–Crippen MR) is 94.7 cm³/mol. The number of carbonyl (C=O) groups excluding carboxylic acids is 1. The lowest BCUT2D eigenvalue weighted by atomic mass is 9.72. The van der Waals surface area contributed by atoms with Crippen LogP contribution in [0, 0.1) is 5.41 Å². The number of aldehydes is 1. The molecular weight excluding hydrogens is 268 g/mol. The van der Waals surface area contributed by atoms with E-state index in [-0.39, 0.29) is 0 Å². The fourth-order valence-corrected chi connectivity index (χ4v) is 3.57. The Hall–Kier alpha value is -1.63. The van der Waals surface area contributed by atoms with Crippen LogP contribution in [0.15, 0.2) is 58.2 Å². The molecule has 0 spiro atoms. The van der Waals surface area contributed by atoms with Gasteiger partial charge in [0.25, 0.3) is 0 Å². The maximum atomic E-state index is 10.5. The third kappa shape index (κ3) is 4.19. The Bertz CT molecular complexity index is 591. The van der Waals surface area contributed by atoms with Gasteiger partial charge in [-0.3, -0.25) is 4.79 Å². The van der Waals surface area contributed by atoms with Crippen LogP contribution in [0.3, 0.4) is 0 Å². The van der Waals surface area contributed by atoms with Gasteiger partial charge in [-0.05, 0) is 74.2 Å². The zero-order valence-corrected chi connectivity index (χ0v) is 14.4. The zero-order valence-electron chi connectivity index (χ0n) is 14.4. The summed E-state index contributed by atoms with van der Waals surface area (Å²) in [6, 6.07) is 0. The molecule has 0 unspecified atom stereocenters. The normalized spacial score (nSPS) is 24.3. The third-order valence-corrected chi connectivity index (χ3v) is 4.82. The van der Waals surface area contributed by atoms with Crippen molar-refractivity contribution in [2.24, 2.45) is 5.41 Å². The fourth-order valence-electron chi connectivity index (χ4n) is 3.57. The fraction of sp³-hybridized carbons (Fsp3) is 0.476. The summed E-state index contributed by atoms with van der Waals surface area (Å²) >= 11 is 0. The van der Waals surface area contributed by atoms with E-state index < -0.39 is 0 Å². The highest BCUT2D eigenvalue weighted by molar-refractivity contribution is 5.68. The molecule has 22 heavy (non-hydrogen) atoms. The Balaban J connectivity index is 2.13. The smallest absolute Gasteiger partial charge is 0.143 e. The molecule has 2 aliphatic carbocycles. The van der Waals surface area contributed by atoms with Crippen molar-refractivity contribution in [3.63, 3.8) is 0 Å². The molecule has 0 atom stereocenters. The van der Waals surface area contributed by atoms with Crippen molar-refractivity contribution in [3.8, 4) is 0 Å². The summed E-state index contributed by atoms with van der Waals surface area (Å²) in [6.45, 7) is 9.13. The van der Waals surface area contributed by atoms with Crippen LogP contribution >= 0.6 is 0 Å². The van der Waals surface area contributed by atoms with Gasteiger partial charge in [0, 0.05) is 0 Å². The maximum absolute atomic E-state index is 10.5. The highest BCUT2D eigenvalue weighted by Crippen LogP contribution is 2.40. The quantitative estimate of drug-likeness (QED) is 0.361. The van der Waals surface area contributed by atoms with E-state index in [2.05, 4.69) is 52.0 Å². The minimum atomic E-state index is 0.297. The lowest BCUT2D eigenvalue weighted by Gasteiger charge is -2.32. The monoisotopic (exact) mass is 296 g/mol. The molecule has 0 radical (unpaired) electrons. The van der Waals surface area contributed by atoms with Crippen molar-refractivity contribution < 1.29 is 4.79 Å². The molecule has 0 N–H and O–H groups in total. The molecule has 0 aromatic carbocycles. The number of carbonyl (C=O) groups is 1. The molecule has 1 heteroatoms. The van der Waals surface area contributed by atoms with Crippen molar-refractivity contribution in [1.82, 2.24) is 0 Å². The van der Waals surface area contributed by atoms with E-state index >= 15 is 0 Å². The molecule has 2 rings (SSSR count). The summed E-state index contributed by atoms with van der Waals surface area (Å²) in [6.07, 6.45) is 17.3. The molecule has 1 nitrogen and oxygen atoms in total. The van der Waals surface area contributed by atoms with Crippen molar-refractivity contribution in [3.05, 3.63) is 58.2 Å². The molecule has 2 aliphatic rings. The first-order valence-corrected chi connectivity index (χ1v) is 8.34. The van der Waals surface area contributed by atoms with Gasteiger partial charge in [0.2, 0.25) is 0 Å². The summed E-state index contributed by atoms with van der Waals surface area (Å²) in [5, 5.41) is 0. The molecule has 0 aliphatic heterocycles. The van der Waals surface area contributed by atoms with Crippen molar-refractivity contribution in [2.45, 2.75) is 59.8 Å². The number of hydrogen-bond donors (Lipinski definition) is 0. The van der Waals surface area contributed by atoms with Crippen LogP contribution in [-0.4, -0.2) is 6.29 Å². The van der Waals surface area contributed by atoms with Crippen LogP contribution in [0.1, 0.15) is 59.8 Å². The molecule has 0 saturated carbocycles. The molecule has 0 heterocycles.